The SMILES string of the molecule is C[C@@H](NC(=O)CNC1CCCCC1)C12CC3CC(CC(C3)C1)C2. The molecule has 0 unspecified atom stereocenters. The third-order valence-corrected chi connectivity index (χ3v) is 7.54. The van der Waals surface area contributed by atoms with Gasteiger partial charge in [0.15, 0.2) is 0 Å². The highest BCUT2D eigenvalue weighted by molar-refractivity contribution is 5.78. The van der Waals surface area contributed by atoms with E-state index in [2.05, 4.69) is 17.6 Å². The van der Waals surface area contributed by atoms with Crippen molar-refractivity contribution in [1.82, 2.24) is 10.6 Å². The van der Waals surface area contributed by atoms with E-state index in [1.807, 2.05) is 0 Å². The van der Waals surface area contributed by atoms with Crippen LogP contribution < -0.4 is 10.6 Å². The minimum atomic E-state index is 0.221. The average molecular weight is 319 g/mol. The number of carbonyl (C=O) groups is 1. The maximum Gasteiger partial charge on any atom is 0.234 e. The van der Waals surface area contributed by atoms with Gasteiger partial charge in [-0.3, -0.25) is 4.79 Å². The lowest BCUT2D eigenvalue weighted by atomic mass is 9.48. The summed E-state index contributed by atoms with van der Waals surface area (Å²) in [5.41, 5.74) is 0.426. The summed E-state index contributed by atoms with van der Waals surface area (Å²) >= 11 is 0. The molecule has 23 heavy (non-hydrogen) atoms. The van der Waals surface area contributed by atoms with E-state index in [1.54, 1.807) is 0 Å². The maximum atomic E-state index is 12.4. The summed E-state index contributed by atoms with van der Waals surface area (Å²) in [6.07, 6.45) is 15.0. The Morgan fingerprint density at radius 3 is 2.13 bits per heavy atom. The molecule has 0 aromatic heterocycles. The fraction of sp³-hybridized carbons (Fsp3) is 0.950. The third kappa shape index (κ3) is 3.31. The van der Waals surface area contributed by atoms with Crippen molar-refractivity contribution in [3.63, 3.8) is 0 Å². The van der Waals surface area contributed by atoms with Gasteiger partial charge in [-0.15, -0.1) is 0 Å². The van der Waals surface area contributed by atoms with Crippen LogP contribution in [0.25, 0.3) is 0 Å². The predicted molar refractivity (Wildman–Crippen MR) is 93.1 cm³/mol. The third-order valence-electron chi connectivity index (χ3n) is 7.54. The molecule has 5 aliphatic rings. The first-order valence-electron chi connectivity index (χ1n) is 10.2. The van der Waals surface area contributed by atoms with Crippen LogP contribution in [0.4, 0.5) is 0 Å². The molecule has 1 atom stereocenters. The molecule has 3 heteroatoms. The molecule has 5 saturated carbocycles. The van der Waals surface area contributed by atoms with E-state index in [4.69, 9.17) is 0 Å². The molecule has 2 N–H and O–H groups in total. The molecule has 0 spiro atoms. The molecule has 5 rings (SSSR count). The summed E-state index contributed by atoms with van der Waals surface area (Å²) in [4.78, 5) is 12.4. The first-order valence-corrected chi connectivity index (χ1v) is 10.2. The van der Waals surface area contributed by atoms with Gasteiger partial charge in [-0.05, 0) is 81.5 Å². The topological polar surface area (TPSA) is 41.1 Å². The zero-order valence-corrected chi connectivity index (χ0v) is 14.8. The van der Waals surface area contributed by atoms with E-state index >= 15 is 0 Å². The molecular formula is C20H34N2O. The van der Waals surface area contributed by atoms with Gasteiger partial charge in [0.1, 0.15) is 0 Å². The number of hydrogen-bond acceptors (Lipinski definition) is 2. The lowest BCUT2D eigenvalue weighted by Gasteiger charge is -2.59. The number of amides is 1. The zero-order chi connectivity index (χ0) is 15.9. The Labute approximate surface area is 141 Å². The quantitative estimate of drug-likeness (QED) is 0.813. The second kappa shape index (κ2) is 6.38. The summed E-state index contributed by atoms with van der Waals surface area (Å²) in [6, 6.07) is 0.931. The van der Waals surface area contributed by atoms with E-state index in [1.165, 1.54) is 70.6 Å². The summed E-state index contributed by atoms with van der Waals surface area (Å²) in [5, 5.41) is 6.86. The monoisotopic (exact) mass is 318 g/mol. The second-order valence-corrected chi connectivity index (χ2v) is 9.28. The molecule has 1 amide bonds. The van der Waals surface area contributed by atoms with Crippen molar-refractivity contribution in [3.8, 4) is 0 Å². The van der Waals surface area contributed by atoms with Crippen LogP contribution in [-0.4, -0.2) is 24.5 Å². The molecular weight excluding hydrogens is 284 g/mol. The highest BCUT2D eigenvalue weighted by atomic mass is 16.2. The van der Waals surface area contributed by atoms with Gasteiger partial charge in [-0.25, -0.2) is 0 Å². The first kappa shape index (κ1) is 15.9. The Hall–Kier alpha value is -0.570. The number of carbonyl (C=O) groups excluding carboxylic acids is 1. The fourth-order valence-corrected chi connectivity index (χ4v) is 6.70. The van der Waals surface area contributed by atoms with Gasteiger partial charge >= 0.3 is 0 Å². The van der Waals surface area contributed by atoms with Crippen molar-refractivity contribution in [1.29, 1.82) is 0 Å². The predicted octanol–water partition coefficient (Wildman–Crippen LogP) is 3.63. The van der Waals surface area contributed by atoms with E-state index in [0.717, 1.165) is 17.8 Å². The fourth-order valence-electron chi connectivity index (χ4n) is 6.70. The standard InChI is InChI=1S/C20H34N2O/c1-14(22-19(23)13-21-18-5-3-2-4-6-18)20-10-15-7-16(11-20)9-17(8-15)12-20/h14-18,21H,2-13H2,1H3,(H,22,23)/t14-,15?,16?,17?,20?/m1/s1. The highest BCUT2D eigenvalue weighted by Crippen LogP contribution is 2.61. The van der Waals surface area contributed by atoms with Crippen LogP contribution in [0.2, 0.25) is 0 Å². The Balaban J connectivity index is 1.29. The van der Waals surface area contributed by atoms with Crippen molar-refractivity contribution >= 4 is 5.91 Å². The lowest BCUT2D eigenvalue weighted by Crippen LogP contribution is -2.56. The molecule has 3 nitrogen and oxygen atoms in total. The van der Waals surface area contributed by atoms with Crippen LogP contribution in [-0.2, 0) is 4.79 Å². The van der Waals surface area contributed by atoms with Crippen LogP contribution in [0, 0.1) is 23.2 Å². The number of hydrogen-bond donors (Lipinski definition) is 2. The number of nitrogens with one attached hydrogen (secondary N) is 2. The molecule has 0 radical (unpaired) electrons. The molecule has 0 aliphatic heterocycles. The molecule has 0 aromatic carbocycles. The van der Waals surface area contributed by atoms with Gasteiger partial charge < -0.3 is 10.6 Å². The van der Waals surface area contributed by atoms with Gasteiger partial charge in [0.05, 0.1) is 6.54 Å². The van der Waals surface area contributed by atoms with Crippen molar-refractivity contribution in [3.05, 3.63) is 0 Å². The van der Waals surface area contributed by atoms with Gasteiger partial charge in [-0.2, -0.15) is 0 Å². The van der Waals surface area contributed by atoms with Crippen molar-refractivity contribution < 1.29 is 4.79 Å². The molecule has 5 fully saturated rings. The van der Waals surface area contributed by atoms with Crippen molar-refractivity contribution in [2.75, 3.05) is 6.54 Å². The van der Waals surface area contributed by atoms with Gasteiger partial charge in [0.2, 0.25) is 5.91 Å². The molecule has 5 aliphatic carbocycles. The average Bonchev–Trinajstić information content (AvgIpc) is 2.52. The van der Waals surface area contributed by atoms with Crippen molar-refractivity contribution in [2.24, 2.45) is 23.2 Å². The van der Waals surface area contributed by atoms with Gasteiger partial charge in [0.25, 0.3) is 0 Å². The minimum Gasteiger partial charge on any atom is -0.352 e. The molecule has 0 saturated heterocycles. The summed E-state index contributed by atoms with van der Waals surface area (Å²) < 4.78 is 0. The van der Waals surface area contributed by atoms with Crippen LogP contribution in [0.15, 0.2) is 0 Å². The van der Waals surface area contributed by atoms with Crippen LogP contribution in [0.5, 0.6) is 0 Å². The van der Waals surface area contributed by atoms with Crippen LogP contribution in [0.3, 0.4) is 0 Å². The molecule has 4 bridgehead atoms. The van der Waals surface area contributed by atoms with Gasteiger partial charge in [-0.1, -0.05) is 19.3 Å². The summed E-state index contributed by atoms with van der Waals surface area (Å²) in [5.74, 6) is 3.10. The largest absolute Gasteiger partial charge is 0.352 e. The van der Waals surface area contributed by atoms with Crippen molar-refractivity contribution in [2.45, 2.75) is 89.6 Å². The number of rotatable bonds is 5. The Morgan fingerprint density at radius 1 is 1.00 bits per heavy atom. The Bertz CT molecular complexity index is 406. The minimum absolute atomic E-state index is 0.221. The van der Waals surface area contributed by atoms with E-state index in [0.29, 0.717) is 24.0 Å². The summed E-state index contributed by atoms with van der Waals surface area (Å²) in [7, 11) is 0. The lowest BCUT2D eigenvalue weighted by molar-refractivity contribution is -0.125. The molecule has 130 valence electrons. The van der Waals surface area contributed by atoms with E-state index in [9.17, 15) is 4.79 Å². The zero-order valence-electron chi connectivity index (χ0n) is 14.8. The smallest absolute Gasteiger partial charge is 0.234 e. The van der Waals surface area contributed by atoms with Crippen LogP contribution in [0.1, 0.15) is 77.6 Å². The second-order valence-electron chi connectivity index (χ2n) is 9.28. The molecule has 0 aromatic rings. The highest BCUT2D eigenvalue weighted by Gasteiger charge is 2.53. The van der Waals surface area contributed by atoms with Gasteiger partial charge in [0, 0.05) is 12.1 Å². The Morgan fingerprint density at radius 2 is 1.57 bits per heavy atom. The molecule has 0 heterocycles. The first-order chi connectivity index (χ1) is 11.1. The van der Waals surface area contributed by atoms with E-state index < -0.39 is 0 Å². The maximum absolute atomic E-state index is 12.4. The van der Waals surface area contributed by atoms with E-state index in [-0.39, 0.29) is 5.91 Å². The van der Waals surface area contributed by atoms with Crippen LogP contribution >= 0.6 is 0 Å². The Kier molecular flexibility index (Phi) is 4.42. The summed E-state index contributed by atoms with van der Waals surface area (Å²) in [6.45, 7) is 2.80. The normalized spacial score (nSPS) is 41.0.